The van der Waals surface area contributed by atoms with Gasteiger partial charge in [0.1, 0.15) is 22.9 Å². The van der Waals surface area contributed by atoms with Gasteiger partial charge in [0.2, 0.25) is 0 Å². The van der Waals surface area contributed by atoms with Gasteiger partial charge in [-0.3, -0.25) is 0 Å². The molecule has 0 N–H and O–H groups in total. The van der Waals surface area contributed by atoms with Gasteiger partial charge in [-0.1, -0.05) is 54.6 Å². The summed E-state index contributed by atoms with van der Waals surface area (Å²) in [7, 11) is 2.19. The van der Waals surface area contributed by atoms with Crippen LogP contribution in [0.5, 0.6) is 11.5 Å². The summed E-state index contributed by atoms with van der Waals surface area (Å²) in [5.41, 5.74) is 3.35. The molecule has 112 valence electrons. The van der Waals surface area contributed by atoms with Gasteiger partial charge in [-0.15, -0.1) is 0 Å². The molecule has 3 aromatic carbocycles. The van der Waals surface area contributed by atoms with E-state index < -0.39 is 6.69 Å². The van der Waals surface area contributed by atoms with Gasteiger partial charge in [0, 0.05) is 7.05 Å². The Balaban J connectivity index is 1.86. The van der Waals surface area contributed by atoms with Gasteiger partial charge in [0.05, 0.1) is 0 Å². The topological polar surface area (TPSA) is 18.5 Å². The Morgan fingerprint density at radius 1 is 0.652 bits per heavy atom. The van der Waals surface area contributed by atoms with E-state index in [2.05, 4.69) is 43.4 Å². The van der Waals surface area contributed by atoms with Crippen LogP contribution in [0.2, 0.25) is 0 Å². The molecule has 2 heterocycles. The third-order valence-corrected chi connectivity index (χ3v) is 5.21. The quantitative estimate of drug-likeness (QED) is 0.640. The molecule has 23 heavy (non-hydrogen) atoms. The predicted molar refractivity (Wildman–Crippen MR) is 93.3 cm³/mol. The Morgan fingerprint density at radius 3 is 1.70 bits per heavy atom. The Kier molecular flexibility index (Phi) is 2.32. The van der Waals surface area contributed by atoms with Crippen LogP contribution in [0.25, 0.3) is 0 Å². The van der Waals surface area contributed by atoms with Crippen molar-refractivity contribution in [3.8, 4) is 11.5 Å². The van der Waals surface area contributed by atoms with Gasteiger partial charge in [0.15, 0.2) is 0 Å². The normalized spacial score (nSPS) is 26.7. The number of hydrogen-bond donors (Lipinski definition) is 0. The van der Waals surface area contributed by atoms with Crippen molar-refractivity contribution in [3.05, 3.63) is 78.9 Å². The molecule has 0 aliphatic carbocycles. The fraction of sp³-hybridized carbons (Fsp3) is 0.0526. The molecule has 5 rings (SSSR count). The summed E-state index contributed by atoms with van der Waals surface area (Å²) in [5, 5.41) is 0. The van der Waals surface area contributed by atoms with Crippen molar-refractivity contribution in [1.29, 1.82) is 0 Å². The van der Waals surface area contributed by atoms with Gasteiger partial charge in [-0.25, -0.2) is 0 Å². The monoisotopic (exact) mass is 301 g/mol. The van der Waals surface area contributed by atoms with Crippen LogP contribution in [0, 0.1) is 0 Å². The van der Waals surface area contributed by atoms with E-state index in [4.69, 9.17) is 9.31 Å². The SMILES string of the molecule is C[N+]12c3ccccc3O[B-]1(c1ccccc1)Oc1ccccc12. The highest BCUT2D eigenvalue weighted by atomic mass is 16.6. The highest BCUT2D eigenvalue weighted by molar-refractivity contribution is 6.86. The molecule has 0 atom stereocenters. The highest BCUT2D eigenvalue weighted by Crippen LogP contribution is 2.57. The fourth-order valence-electron chi connectivity index (χ4n) is 4.09. The van der Waals surface area contributed by atoms with E-state index >= 15 is 0 Å². The minimum atomic E-state index is -1.75. The molecule has 0 unspecified atom stereocenters. The molecular weight excluding hydrogens is 285 g/mol. The summed E-state index contributed by atoms with van der Waals surface area (Å²) < 4.78 is 13.5. The van der Waals surface area contributed by atoms with E-state index in [0.717, 1.165) is 28.3 Å². The molecule has 0 radical (unpaired) electrons. The average molecular weight is 301 g/mol. The zero-order valence-electron chi connectivity index (χ0n) is 12.8. The lowest BCUT2D eigenvalue weighted by Gasteiger charge is -2.42. The van der Waals surface area contributed by atoms with Crippen LogP contribution < -0.4 is 19.2 Å². The standard InChI is InChI=1S/C19H16BNO2/c1-21-16-11-5-7-13-18(16)22-20(21,15-9-3-2-4-10-15)23-19-14-8-6-12-17(19)21/h2-14H,1H3. The molecular formula is C19H16BNO2. The van der Waals surface area contributed by atoms with E-state index in [1.165, 1.54) is 0 Å². The second kappa shape index (κ2) is 4.18. The largest absolute Gasteiger partial charge is 0.622 e. The summed E-state index contributed by atoms with van der Waals surface area (Å²) in [6, 6.07) is 26.7. The number of hydrogen-bond acceptors (Lipinski definition) is 2. The molecule has 0 saturated heterocycles. The third kappa shape index (κ3) is 1.39. The van der Waals surface area contributed by atoms with Crippen LogP contribution in [0.4, 0.5) is 11.4 Å². The van der Waals surface area contributed by atoms with Crippen molar-refractivity contribution >= 4 is 23.5 Å². The Bertz CT molecular complexity index is 861. The number of rotatable bonds is 1. The lowest BCUT2D eigenvalue weighted by molar-refractivity contribution is 0.397. The minimum Gasteiger partial charge on any atom is -0.622 e. The number of quaternary nitrogens is 1. The fourth-order valence-corrected chi connectivity index (χ4v) is 4.09. The zero-order valence-corrected chi connectivity index (χ0v) is 12.8. The second-order valence-corrected chi connectivity index (χ2v) is 6.33. The lowest BCUT2D eigenvalue weighted by atomic mass is 9.60. The maximum Gasteiger partial charge on any atom is 0.619 e. The molecule has 2 aliphatic rings. The van der Waals surface area contributed by atoms with Crippen molar-refractivity contribution in [3.63, 3.8) is 0 Å². The van der Waals surface area contributed by atoms with Crippen LogP contribution in [-0.4, -0.2) is 13.7 Å². The molecule has 0 spiro atoms. The Hall–Kier alpha value is -2.72. The maximum atomic E-state index is 6.50. The minimum absolute atomic E-state index is 0.524. The van der Waals surface area contributed by atoms with Crippen LogP contribution in [0.3, 0.4) is 0 Å². The van der Waals surface area contributed by atoms with E-state index in [9.17, 15) is 0 Å². The van der Waals surface area contributed by atoms with Crippen molar-refractivity contribution in [2.24, 2.45) is 0 Å². The van der Waals surface area contributed by atoms with Crippen LogP contribution in [0.1, 0.15) is 0 Å². The van der Waals surface area contributed by atoms with Crippen molar-refractivity contribution in [2.45, 2.75) is 0 Å². The van der Waals surface area contributed by atoms with Gasteiger partial charge < -0.3 is 13.7 Å². The summed E-state index contributed by atoms with van der Waals surface area (Å²) in [6.07, 6.45) is 0. The third-order valence-electron chi connectivity index (χ3n) is 5.21. The van der Waals surface area contributed by atoms with Crippen molar-refractivity contribution < 1.29 is 9.31 Å². The predicted octanol–water partition coefficient (Wildman–Crippen LogP) is 3.59. The number of benzene rings is 3. The first-order chi connectivity index (χ1) is 11.3. The molecule has 0 aromatic heterocycles. The Labute approximate surface area is 135 Å². The summed E-state index contributed by atoms with van der Waals surface area (Å²) in [6.45, 7) is -1.75. The first kappa shape index (κ1) is 12.8. The molecule has 0 amide bonds. The zero-order chi connectivity index (χ0) is 15.5. The number of nitrogens with zero attached hydrogens (tertiary/aromatic N) is 1. The molecule has 0 bridgehead atoms. The average Bonchev–Trinajstić information content (AvgIpc) is 3.01. The molecule has 3 aromatic rings. The first-order valence-corrected chi connectivity index (χ1v) is 7.89. The van der Waals surface area contributed by atoms with Crippen molar-refractivity contribution in [1.82, 2.24) is 4.39 Å². The smallest absolute Gasteiger partial charge is 0.619 e. The summed E-state index contributed by atoms with van der Waals surface area (Å²) in [4.78, 5) is 0. The molecule has 3 nitrogen and oxygen atoms in total. The van der Waals surface area contributed by atoms with Crippen LogP contribution in [-0.2, 0) is 0 Å². The highest BCUT2D eigenvalue weighted by Gasteiger charge is 2.66. The summed E-state index contributed by atoms with van der Waals surface area (Å²) >= 11 is 0. The van der Waals surface area contributed by atoms with E-state index in [0.29, 0.717) is 4.39 Å². The lowest BCUT2D eigenvalue weighted by Crippen LogP contribution is -2.73. The Morgan fingerprint density at radius 2 is 1.13 bits per heavy atom. The van der Waals surface area contributed by atoms with E-state index in [1.54, 1.807) is 0 Å². The van der Waals surface area contributed by atoms with E-state index in [-0.39, 0.29) is 0 Å². The maximum absolute atomic E-state index is 6.50. The molecule has 2 aliphatic heterocycles. The molecule has 4 heteroatoms. The van der Waals surface area contributed by atoms with Crippen molar-refractivity contribution in [2.75, 3.05) is 7.05 Å². The summed E-state index contributed by atoms with van der Waals surface area (Å²) in [5.74, 6) is 1.79. The van der Waals surface area contributed by atoms with Gasteiger partial charge in [0.25, 0.3) is 0 Å². The van der Waals surface area contributed by atoms with E-state index in [1.807, 2.05) is 42.5 Å². The number of fused-ring (bicyclic) bond motifs is 5. The van der Waals surface area contributed by atoms with Gasteiger partial charge >= 0.3 is 6.69 Å². The first-order valence-electron chi connectivity index (χ1n) is 7.89. The van der Waals surface area contributed by atoms with Gasteiger partial charge in [-0.2, -0.15) is 0 Å². The second-order valence-electron chi connectivity index (χ2n) is 6.33. The number of para-hydroxylation sites is 4. The van der Waals surface area contributed by atoms with Crippen LogP contribution >= 0.6 is 0 Å². The van der Waals surface area contributed by atoms with Gasteiger partial charge in [-0.05, 0) is 29.7 Å². The van der Waals surface area contributed by atoms with Crippen LogP contribution in [0.15, 0.2) is 78.9 Å². The molecule has 0 fully saturated rings. The molecule has 0 saturated carbocycles.